The minimum atomic E-state index is -1.15. The first-order chi connectivity index (χ1) is 8.63. The Morgan fingerprint density at radius 2 is 2.11 bits per heavy atom. The van der Waals surface area contributed by atoms with Crippen molar-refractivity contribution in [2.24, 2.45) is 11.7 Å². The van der Waals surface area contributed by atoms with E-state index in [0.29, 0.717) is 17.4 Å². The highest BCUT2D eigenvalue weighted by atomic mass is 35.5. The zero-order valence-corrected chi connectivity index (χ0v) is 11.6. The van der Waals surface area contributed by atoms with Crippen molar-refractivity contribution < 1.29 is 8.60 Å². The molecule has 0 aliphatic heterocycles. The molecule has 1 aromatic carbocycles. The first-order valence-corrected chi connectivity index (χ1v) is 7.78. The normalized spacial score (nSPS) is 25.9. The van der Waals surface area contributed by atoms with E-state index in [0.717, 1.165) is 25.7 Å². The van der Waals surface area contributed by atoms with Crippen LogP contribution in [0.15, 0.2) is 23.1 Å². The standard InChI is InChI=1S/C13H17ClFNOS/c14-11-7-10(5-6-12(11)15)18(17)13-4-2-1-3-9(13)8-16/h5-7,9,13H,1-4,8,16H2. The van der Waals surface area contributed by atoms with Gasteiger partial charge in [0.05, 0.1) is 15.8 Å². The summed E-state index contributed by atoms with van der Waals surface area (Å²) in [5.74, 6) is -0.181. The van der Waals surface area contributed by atoms with Crippen LogP contribution in [0.25, 0.3) is 0 Å². The minimum Gasteiger partial charge on any atom is -0.330 e. The van der Waals surface area contributed by atoms with Crippen molar-refractivity contribution in [3.63, 3.8) is 0 Å². The number of rotatable bonds is 3. The summed E-state index contributed by atoms with van der Waals surface area (Å²) in [7, 11) is -1.15. The maximum absolute atomic E-state index is 13.1. The van der Waals surface area contributed by atoms with E-state index >= 15 is 0 Å². The van der Waals surface area contributed by atoms with Crippen LogP contribution in [-0.2, 0) is 10.8 Å². The highest BCUT2D eigenvalue weighted by Crippen LogP contribution is 2.31. The quantitative estimate of drug-likeness (QED) is 0.929. The molecule has 0 bridgehead atoms. The van der Waals surface area contributed by atoms with Crippen LogP contribution < -0.4 is 5.73 Å². The molecule has 2 rings (SSSR count). The number of hydrogen-bond donors (Lipinski definition) is 1. The van der Waals surface area contributed by atoms with E-state index in [4.69, 9.17) is 17.3 Å². The lowest BCUT2D eigenvalue weighted by molar-refractivity contribution is 0.372. The van der Waals surface area contributed by atoms with Crippen LogP contribution in [0.1, 0.15) is 25.7 Å². The lowest BCUT2D eigenvalue weighted by Gasteiger charge is -2.29. The van der Waals surface area contributed by atoms with E-state index in [2.05, 4.69) is 0 Å². The van der Waals surface area contributed by atoms with Gasteiger partial charge in [0.25, 0.3) is 0 Å². The topological polar surface area (TPSA) is 43.1 Å². The second-order valence-electron chi connectivity index (χ2n) is 4.69. The molecule has 1 saturated carbocycles. The Morgan fingerprint density at radius 3 is 2.78 bits per heavy atom. The van der Waals surface area contributed by atoms with Crippen LogP contribution in [-0.4, -0.2) is 16.0 Å². The van der Waals surface area contributed by atoms with Gasteiger partial charge < -0.3 is 5.73 Å². The number of hydrogen-bond acceptors (Lipinski definition) is 2. The fraction of sp³-hybridized carbons (Fsp3) is 0.538. The van der Waals surface area contributed by atoms with Gasteiger partial charge in [-0.2, -0.15) is 0 Å². The molecule has 100 valence electrons. The van der Waals surface area contributed by atoms with Crippen LogP contribution in [0.2, 0.25) is 5.02 Å². The number of benzene rings is 1. The van der Waals surface area contributed by atoms with Gasteiger partial charge in [-0.05, 0) is 43.5 Å². The van der Waals surface area contributed by atoms with E-state index in [9.17, 15) is 8.60 Å². The molecule has 18 heavy (non-hydrogen) atoms. The summed E-state index contributed by atoms with van der Waals surface area (Å²) in [5, 5.41) is 0.103. The lowest BCUT2D eigenvalue weighted by Crippen LogP contribution is -2.34. The van der Waals surface area contributed by atoms with E-state index < -0.39 is 16.6 Å². The fourth-order valence-corrected chi connectivity index (χ4v) is 4.51. The van der Waals surface area contributed by atoms with Crippen LogP contribution in [0.5, 0.6) is 0 Å². The monoisotopic (exact) mass is 289 g/mol. The van der Waals surface area contributed by atoms with Crippen molar-refractivity contribution in [2.45, 2.75) is 35.8 Å². The molecule has 0 amide bonds. The van der Waals surface area contributed by atoms with Crippen LogP contribution >= 0.6 is 11.6 Å². The summed E-state index contributed by atoms with van der Waals surface area (Å²) in [4.78, 5) is 0.603. The van der Waals surface area contributed by atoms with Crippen molar-refractivity contribution in [1.29, 1.82) is 0 Å². The van der Waals surface area contributed by atoms with Gasteiger partial charge in [-0.1, -0.05) is 24.4 Å². The number of halogens is 2. The Kier molecular flexibility index (Phi) is 4.76. The van der Waals surface area contributed by atoms with Crippen molar-refractivity contribution in [3.05, 3.63) is 29.0 Å². The largest absolute Gasteiger partial charge is 0.330 e. The van der Waals surface area contributed by atoms with Crippen LogP contribution in [0.4, 0.5) is 4.39 Å². The van der Waals surface area contributed by atoms with Gasteiger partial charge in [-0.15, -0.1) is 0 Å². The molecule has 1 aromatic rings. The second kappa shape index (κ2) is 6.13. The van der Waals surface area contributed by atoms with Gasteiger partial charge in [-0.25, -0.2) is 4.39 Å². The van der Waals surface area contributed by atoms with Gasteiger partial charge in [-0.3, -0.25) is 4.21 Å². The Labute approximate surface area is 114 Å². The van der Waals surface area contributed by atoms with Gasteiger partial charge >= 0.3 is 0 Å². The SMILES string of the molecule is NCC1CCCCC1S(=O)c1ccc(F)c(Cl)c1. The molecule has 0 saturated heterocycles. The Morgan fingerprint density at radius 1 is 1.39 bits per heavy atom. The third-order valence-corrected chi connectivity index (χ3v) is 5.72. The summed E-state index contributed by atoms with van der Waals surface area (Å²) in [6.07, 6.45) is 4.19. The highest BCUT2D eigenvalue weighted by molar-refractivity contribution is 7.85. The van der Waals surface area contributed by atoms with Gasteiger partial charge in [0.2, 0.25) is 0 Å². The van der Waals surface area contributed by atoms with E-state index in [1.807, 2.05) is 0 Å². The summed E-state index contributed by atoms with van der Waals surface area (Å²) in [6.45, 7) is 0.561. The van der Waals surface area contributed by atoms with Crippen molar-refractivity contribution in [3.8, 4) is 0 Å². The summed E-state index contributed by atoms with van der Waals surface area (Å²) in [5.41, 5.74) is 5.74. The zero-order valence-electron chi connectivity index (χ0n) is 10.1. The van der Waals surface area contributed by atoms with Gasteiger partial charge in [0, 0.05) is 10.1 Å². The Bertz CT molecular complexity index is 455. The van der Waals surface area contributed by atoms with Gasteiger partial charge in [0.15, 0.2) is 0 Å². The molecule has 1 aliphatic rings. The highest BCUT2D eigenvalue weighted by Gasteiger charge is 2.29. The zero-order chi connectivity index (χ0) is 13.1. The molecule has 3 unspecified atom stereocenters. The molecule has 0 heterocycles. The molecule has 2 N–H and O–H groups in total. The van der Waals surface area contributed by atoms with Gasteiger partial charge in [0.1, 0.15) is 5.82 Å². The third-order valence-electron chi connectivity index (χ3n) is 3.54. The molecular formula is C13H17ClFNOS. The smallest absolute Gasteiger partial charge is 0.141 e. The molecule has 0 spiro atoms. The number of nitrogens with two attached hydrogens (primary N) is 1. The minimum absolute atomic E-state index is 0.0287. The van der Waals surface area contributed by atoms with E-state index in [-0.39, 0.29) is 10.3 Å². The summed E-state index contributed by atoms with van der Waals surface area (Å²) < 4.78 is 25.6. The first kappa shape index (κ1) is 14.0. The predicted octanol–water partition coefficient (Wildman–Crippen LogP) is 3.10. The van der Waals surface area contributed by atoms with Crippen LogP contribution in [0, 0.1) is 11.7 Å². The van der Waals surface area contributed by atoms with Crippen molar-refractivity contribution >= 4 is 22.4 Å². The van der Waals surface area contributed by atoms with E-state index in [1.54, 1.807) is 6.07 Å². The van der Waals surface area contributed by atoms with Crippen LogP contribution in [0.3, 0.4) is 0 Å². The molecule has 1 fully saturated rings. The average Bonchev–Trinajstić information content (AvgIpc) is 2.41. The maximum atomic E-state index is 13.1. The molecule has 5 heteroatoms. The summed E-state index contributed by atoms with van der Waals surface area (Å²) in [6, 6.07) is 4.30. The second-order valence-corrected chi connectivity index (χ2v) is 6.77. The Hall–Kier alpha value is -0.450. The molecule has 3 atom stereocenters. The molecular weight excluding hydrogens is 273 g/mol. The summed E-state index contributed by atoms with van der Waals surface area (Å²) >= 11 is 5.73. The Balaban J connectivity index is 2.21. The molecule has 1 aliphatic carbocycles. The molecule has 0 radical (unpaired) electrons. The first-order valence-electron chi connectivity index (χ1n) is 6.19. The predicted molar refractivity (Wildman–Crippen MR) is 72.6 cm³/mol. The maximum Gasteiger partial charge on any atom is 0.141 e. The molecule has 2 nitrogen and oxygen atoms in total. The van der Waals surface area contributed by atoms with Crippen molar-refractivity contribution in [2.75, 3.05) is 6.54 Å². The molecule has 0 aromatic heterocycles. The lowest BCUT2D eigenvalue weighted by atomic mass is 9.89. The fourth-order valence-electron chi connectivity index (χ4n) is 2.50. The van der Waals surface area contributed by atoms with Crippen molar-refractivity contribution in [1.82, 2.24) is 0 Å². The third kappa shape index (κ3) is 2.92. The van der Waals surface area contributed by atoms with E-state index in [1.165, 1.54) is 12.1 Å². The average molecular weight is 290 g/mol.